The number of nitrogens with one attached hydrogen (secondary N) is 1. The highest BCUT2D eigenvalue weighted by Gasteiger charge is 2.54. The molecule has 1 atom stereocenters. The summed E-state index contributed by atoms with van der Waals surface area (Å²) in [5, 5.41) is 2.42. The first-order chi connectivity index (χ1) is 17.8. The maximum absolute atomic E-state index is 14.2. The number of imide groups is 2. The van der Waals surface area contributed by atoms with E-state index in [0.29, 0.717) is 34.9 Å². The molecule has 1 aliphatic heterocycles. The van der Waals surface area contributed by atoms with Gasteiger partial charge >= 0.3 is 6.03 Å². The summed E-state index contributed by atoms with van der Waals surface area (Å²) in [6, 6.07) is 15.1. The van der Waals surface area contributed by atoms with E-state index in [-0.39, 0.29) is 12.8 Å². The van der Waals surface area contributed by atoms with Gasteiger partial charge in [-0.2, -0.15) is 0 Å². The highest BCUT2D eigenvalue weighted by molar-refractivity contribution is 6.30. The molecule has 1 aliphatic rings. The van der Waals surface area contributed by atoms with Crippen LogP contribution in [0.4, 0.5) is 10.5 Å². The third-order valence-electron chi connectivity index (χ3n) is 6.54. The topological polar surface area (TPSA) is 107 Å². The first kappa shape index (κ1) is 25.7. The Morgan fingerprint density at radius 1 is 0.919 bits per heavy atom. The van der Waals surface area contributed by atoms with E-state index >= 15 is 0 Å². The number of hydrogen-bond donors (Lipinski definition) is 1. The molecule has 9 heteroatoms. The van der Waals surface area contributed by atoms with Crippen LogP contribution in [0.1, 0.15) is 23.2 Å². The number of carbonyl (C=O) groups excluding carboxylic acids is 3. The Bertz CT molecular complexity index is 1330. The number of anilines is 1. The summed E-state index contributed by atoms with van der Waals surface area (Å²) >= 11 is 0. The van der Waals surface area contributed by atoms with Gasteiger partial charge < -0.3 is 14.2 Å². The number of urea groups is 1. The smallest absolute Gasteiger partial charge is 0.335 e. The van der Waals surface area contributed by atoms with Crippen LogP contribution in [0.2, 0.25) is 0 Å². The number of amides is 4. The second-order valence-electron chi connectivity index (χ2n) is 8.81. The van der Waals surface area contributed by atoms with E-state index in [9.17, 15) is 14.4 Å². The SMILES string of the molecule is COc1ccc(C[C@]2(CCc3ccccn3)C(=O)NC(=O)N(c3cccc(C)c3)C2=O)c(OC)c1OC. The van der Waals surface area contributed by atoms with Gasteiger partial charge in [-0.25, -0.2) is 9.69 Å². The molecule has 4 rings (SSSR count). The normalized spacial score (nSPS) is 17.4. The molecule has 2 aromatic carbocycles. The Balaban J connectivity index is 1.84. The van der Waals surface area contributed by atoms with E-state index in [1.54, 1.807) is 42.6 Å². The molecule has 192 valence electrons. The molecule has 1 fully saturated rings. The fraction of sp³-hybridized carbons (Fsp3) is 0.286. The first-order valence-corrected chi connectivity index (χ1v) is 11.8. The summed E-state index contributed by atoms with van der Waals surface area (Å²) in [6.07, 6.45) is 2.07. The van der Waals surface area contributed by atoms with Gasteiger partial charge in [0.1, 0.15) is 5.41 Å². The monoisotopic (exact) mass is 503 g/mol. The lowest BCUT2D eigenvalue weighted by Gasteiger charge is -2.39. The molecule has 1 aromatic heterocycles. The maximum Gasteiger partial charge on any atom is 0.335 e. The van der Waals surface area contributed by atoms with E-state index < -0.39 is 23.3 Å². The van der Waals surface area contributed by atoms with Gasteiger partial charge in [0.2, 0.25) is 11.7 Å². The van der Waals surface area contributed by atoms with Crippen molar-refractivity contribution in [2.75, 3.05) is 26.2 Å². The van der Waals surface area contributed by atoms with Crippen LogP contribution in [0.25, 0.3) is 0 Å². The van der Waals surface area contributed by atoms with Crippen LogP contribution >= 0.6 is 0 Å². The number of nitrogens with zero attached hydrogens (tertiary/aromatic N) is 2. The van der Waals surface area contributed by atoms with E-state index in [4.69, 9.17) is 14.2 Å². The third-order valence-corrected chi connectivity index (χ3v) is 6.54. The summed E-state index contributed by atoms with van der Waals surface area (Å²) in [5.41, 5.74) is 0.915. The number of aromatic nitrogens is 1. The first-order valence-electron chi connectivity index (χ1n) is 11.8. The molecule has 0 bridgehead atoms. The Labute approximate surface area is 215 Å². The van der Waals surface area contributed by atoms with Gasteiger partial charge in [-0.05, 0) is 67.6 Å². The van der Waals surface area contributed by atoms with Crippen LogP contribution in [-0.4, -0.2) is 44.2 Å². The number of aryl methyl sites for hydroxylation is 2. The van der Waals surface area contributed by atoms with Crippen molar-refractivity contribution >= 4 is 23.5 Å². The van der Waals surface area contributed by atoms with Crippen molar-refractivity contribution in [3.8, 4) is 17.2 Å². The molecule has 0 saturated carbocycles. The van der Waals surface area contributed by atoms with Crippen molar-refractivity contribution in [2.45, 2.75) is 26.2 Å². The average Bonchev–Trinajstić information content (AvgIpc) is 2.90. The van der Waals surface area contributed by atoms with Crippen molar-refractivity contribution in [3.05, 3.63) is 77.6 Å². The molecule has 0 spiro atoms. The van der Waals surface area contributed by atoms with Gasteiger partial charge in [0.25, 0.3) is 5.91 Å². The number of barbiturate groups is 1. The number of hydrogen-bond acceptors (Lipinski definition) is 7. The zero-order valence-corrected chi connectivity index (χ0v) is 21.2. The Morgan fingerprint density at radius 2 is 1.70 bits per heavy atom. The standard InChI is InChI=1S/C28H29N3O6/c1-18-8-7-10-21(16-18)31-26(33)28(25(32)30-27(31)34,14-13-20-9-5-6-15-29-20)17-19-11-12-22(35-2)24(37-4)23(19)36-3/h5-12,15-16H,13-14,17H2,1-4H3,(H,30,32,34)/t28-/m1/s1. The summed E-state index contributed by atoms with van der Waals surface area (Å²) in [7, 11) is 4.47. The minimum Gasteiger partial charge on any atom is -0.493 e. The molecular weight excluding hydrogens is 474 g/mol. The van der Waals surface area contributed by atoms with E-state index in [1.807, 2.05) is 25.1 Å². The van der Waals surface area contributed by atoms with Gasteiger partial charge in [-0.3, -0.25) is 19.9 Å². The zero-order chi connectivity index (χ0) is 26.6. The number of benzene rings is 2. The molecule has 3 aromatic rings. The lowest BCUT2D eigenvalue weighted by Crippen LogP contribution is -2.65. The number of pyridine rings is 1. The molecule has 2 heterocycles. The van der Waals surface area contributed by atoms with Crippen molar-refractivity contribution in [2.24, 2.45) is 5.41 Å². The van der Waals surface area contributed by atoms with Crippen molar-refractivity contribution in [3.63, 3.8) is 0 Å². The van der Waals surface area contributed by atoms with Crippen LogP contribution in [0.15, 0.2) is 60.8 Å². The number of carbonyl (C=O) groups is 3. The Hall–Kier alpha value is -4.40. The number of methoxy groups -OCH3 is 3. The quantitative estimate of drug-likeness (QED) is 0.442. The fourth-order valence-electron chi connectivity index (χ4n) is 4.66. The molecular formula is C28H29N3O6. The van der Waals surface area contributed by atoms with Crippen molar-refractivity contribution < 1.29 is 28.6 Å². The predicted octanol–water partition coefficient (Wildman–Crippen LogP) is 3.86. The molecule has 37 heavy (non-hydrogen) atoms. The second-order valence-corrected chi connectivity index (χ2v) is 8.81. The average molecular weight is 504 g/mol. The van der Waals surface area contributed by atoms with E-state index in [2.05, 4.69) is 10.3 Å². The van der Waals surface area contributed by atoms with Gasteiger partial charge in [-0.1, -0.05) is 24.3 Å². The predicted molar refractivity (Wildman–Crippen MR) is 137 cm³/mol. The molecule has 0 radical (unpaired) electrons. The van der Waals surface area contributed by atoms with Crippen LogP contribution in [0.5, 0.6) is 17.2 Å². The summed E-state index contributed by atoms with van der Waals surface area (Å²) in [5.74, 6) is -0.142. The summed E-state index contributed by atoms with van der Waals surface area (Å²) in [4.78, 5) is 46.1. The van der Waals surface area contributed by atoms with Gasteiger partial charge in [0.05, 0.1) is 27.0 Å². The lowest BCUT2D eigenvalue weighted by atomic mass is 9.73. The molecule has 1 N–H and O–H groups in total. The third kappa shape index (κ3) is 4.84. The van der Waals surface area contributed by atoms with Crippen LogP contribution in [-0.2, 0) is 22.4 Å². The molecule has 9 nitrogen and oxygen atoms in total. The summed E-state index contributed by atoms with van der Waals surface area (Å²) < 4.78 is 16.5. The van der Waals surface area contributed by atoms with Gasteiger partial charge in [0, 0.05) is 11.9 Å². The highest BCUT2D eigenvalue weighted by Crippen LogP contribution is 2.44. The Kier molecular flexibility index (Phi) is 7.42. The molecule has 0 unspecified atom stereocenters. The molecule has 4 amide bonds. The molecule has 1 saturated heterocycles. The minimum absolute atomic E-state index is 0.0381. The number of ether oxygens (including phenoxy) is 3. The number of rotatable bonds is 9. The fourth-order valence-corrected chi connectivity index (χ4v) is 4.66. The van der Waals surface area contributed by atoms with Crippen molar-refractivity contribution in [1.29, 1.82) is 0 Å². The van der Waals surface area contributed by atoms with E-state index in [0.717, 1.165) is 16.2 Å². The van der Waals surface area contributed by atoms with Crippen LogP contribution in [0.3, 0.4) is 0 Å². The van der Waals surface area contributed by atoms with Gasteiger partial charge in [-0.15, -0.1) is 0 Å². The van der Waals surface area contributed by atoms with E-state index in [1.165, 1.54) is 21.3 Å². The maximum atomic E-state index is 14.2. The Morgan fingerprint density at radius 3 is 2.35 bits per heavy atom. The minimum atomic E-state index is -1.62. The lowest BCUT2D eigenvalue weighted by molar-refractivity contribution is -0.143. The van der Waals surface area contributed by atoms with Crippen LogP contribution < -0.4 is 24.4 Å². The zero-order valence-electron chi connectivity index (χ0n) is 21.2. The summed E-state index contributed by atoms with van der Waals surface area (Å²) in [6.45, 7) is 1.86. The second kappa shape index (κ2) is 10.7. The largest absolute Gasteiger partial charge is 0.493 e. The van der Waals surface area contributed by atoms with Crippen LogP contribution in [0, 0.1) is 12.3 Å². The van der Waals surface area contributed by atoms with Gasteiger partial charge in [0.15, 0.2) is 11.5 Å². The highest BCUT2D eigenvalue weighted by atomic mass is 16.5. The van der Waals surface area contributed by atoms with Crippen molar-refractivity contribution in [1.82, 2.24) is 10.3 Å². The molecule has 0 aliphatic carbocycles.